The van der Waals surface area contributed by atoms with Crippen LogP contribution in [0.25, 0.3) is 0 Å². The summed E-state index contributed by atoms with van der Waals surface area (Å²) in [6, 6.07) is 3.33. The molecule has 8 nitrogen and oxygen atoms in total. The summed E-state index contributed by atoms with van der Waals surface area (Å²) in [6.45, 7) is 7.10. The van der Waals surface area contributed by atoms with Crippen molar-refractivity contribution in [1.82, 2.24) is 4.90 Å². The molecule has 0 spiro atoms. The van der Waals surface area contributed by atoms with Crippen LogP contribution in [0.5, 0.6) is 11.5 Å². The van der Waals surface area contributed by atoms with Crippen molar-refractivity contribution in [1.29, 1.82) is 0 Å². The number of likely N-dealkylation sites (tertiary alicyclic amines) is 1. The SMILES string of the molecule is C=CC(=O)Nc1cc(N)c(OC)cc1OCCN1CCCCC1.O=C(O)C(F)(F)F. The first-order chi connectivity index (χ1) is 14.1. The van der Waals surface area contributed by atoms with Crippen LogP contribution < -0.4 is 20.5 Å². The van der Waals surface area contributed by atoms with E-state index < -0.39 is 12.1 Å². The van der Waals surface area contributed by atoms with Crippen molar-refractivity contribution >= 4 is 23.3 Å². The maximum Gasteiger partial charge on any atom is 0.490 e. The van der Waals surface area contributed by atoms with Crippen LogP contribution in [-0.4, -0.2) is 61.4 Å². The first kappa shape index (κ1) is 25.1. The summed E-state index contributed by atoms with van der Waals surface area (Å²) >= 11 is 0. The Balaban J connectivity index is 0.000000553. The summed E-state index contributed by atoms with van der Waals surface area (Å²) in [4.78, 5) is 22.8. The van der Waals surface area contributed by atoms with Crippen molar-refractivity contribution < 1.29 is 37.3 Å². The average molecular weight is 433 g/mol. The third-order valence-corrected chi connectivity index (χ3v) is 4.13. The van der Waals surface area contributed by atoms with Crippen molar-refractivity contribution in [2.45, 2.75) is 25.4 Å². The monoisotopic (exact) mass is 433 g/mol. The number of anilines is 2. The number of nitrogens with one attached hydrogen (secondary N) is 1. The molecule has 0 atom stereocenters. The predicted molar refractivity (Wildman–Crippen MR) is 106 cm³/mol. The summed E-state index contributed by atoms with van der Waals surface area (Å²) in [5.74, 6) is -2.00. The molecule has 0 bridgehead atoms. The number of carboxylic acid groups (broad SMARTS) is 1. The number of hydrogen-bond acceptors (Lipinski definition) is 6. The highest BCUT2D eigenvalue weighted by molar-refractivity contribution is 6.00. The number of carbonyl (C=O) groups is 2. The van der Waals surface area contributed by atoms with Gasteiger partial charge in [-0.15, -0.1) is 0 Å². The Labute approximate surface area is 172 Å². The molecule has 1 aromatic carbocycles. The minimum absolute atomic E-state index is 0.310. The lowest BCUT2D eigenvalue weighted by Crippen LogP contribution is -2.33. The molecule has 168 valence electrons. The van der Waals surface area contributed by atoms with Crippen LogP contribution >= 0.6 is 0 Å². The van der Waals surface area contributed by atoms with Crippen LogP contribution in [0.1, 0.15) is 19.3 Å². The van der Waals surface area contributed by atoms with Crippen LogP contribution in [0.3, 0.4) is 0 Å². The summed E-state index contributed by atoms with van der Waals surface area (Å²) in [7, 11) is 1.55. The van der Waals surface area contributed by atoms with Crippen LogP contribution in [0.15, 0.2) is 24.8 Å². The fourth-order valence-electron chi connectivity index (χ4n) is 2.62. The van der Waals surface area contributed by atoms with Gasteiger partial charge in [-0.25, -0.2) is 4.79 Å². The molecule has 0 radical (unpaired) electrons. The maximum absolute atomic E-state index is 11.6. The highest BCUT2D eigenvalue weighted by Crippen LogP contribution is 2.34. The second-order valence-electron chi connectivity index (χ2n) is 6.34. The van der Waals surface area contributed by atoms with Crippen molar-refractivity contribution in [2.24, 2.45) is 0 Å². The standard InChI is InChI=1S/C17H25N3O3.C2HF3O2/c1-3-17(21)19-14-11-13(18)15(22-2)12-16(14)23-10-9-20-7-5-4-6-8-20;3-2(4,5)1(6)7/h3,11-12H,1,4-10,18H2,2H3,(H,19,21);(H,6,7). The van der Waals surface area contributed by atoms with E-state index in [2.05, 4.69) is 16.8 Å². The number of carboxylic acids is 1. The number of ether oxygens (including phenoxy) is 2. The number of nitrogen functional groups attached to an aromatic ring is 1. The van der Waals surface area contributed by atoms with Gasteiger partial charge in [0.15, 0.2) is 0 Å². The molecular formula is C19H26F3N3O5. The predicted octanol–water partition coefficient (Wildman–Crippen LogP) is 2.90. The molecule has 0 saturated carbocycles. The van der Waals surface area contributed by atoms with E-state index in [1.807, 2.05) is 0 Å². The van der Waals surface area contributed by atoms with E-state index in [4.69, 9.17) is 25.1 Å². The molecule has 1 aromatic rings. The Hall–Kier alpha value is -2.95. The van der Waals surface area contributed by atoms with Gasteiger partial charge in [-0.2, -0.15) is 13.2 Å². The molecule has 1 aliphatic rings. The van der Waals surface area contributed by atoms with Crippen molar-refractivity contribution in [3.05, 3.63) is 24.8 Å². The number of amides is 1. The molecule has 1 saturated heterocycles. The molecule has 0 aromatic heterocycles. The molecular weight excluding hydrogens is 407 g/mol. The molecule has 0 unspecified atom stereocenters. The van der Waals surface area contributed by atoms with Crippen molar-refractivity contribution in [3.63, 3.8) is 0 Å². The number of carbonyl (C=O) groups excluding carboxylic acids is 1. The van der Waals surface area contributed by atoms with Gasteiger partial charge in [0.2, 0.25) is 5.91 Å². The number of aliphatic carboxylic acids is 1. The molecule has 11 heteroatoms. The summed E-state index contributed by atoms with van der Waals surface area (Å²) < 4.78 is 42.8. The van der Waals surface area contributed by atoms with Crippen LogP contribution in [0.2, 0.25) is 0 Å². The van der Waals surface area contributed by atoms with E-state index in [9.17, 15) is 18.0 Å². The lowest BCUT2D eigenvalue weighted by atomic mass is 10.1. The average Bonchev–Trinajstić information content (AvgIpc) is 2.70. The smallest absolute Gasteiger partial charge is 0.490 e. The van der Waals surface area contributed by atoms with Gasteiger partial charge in [-0.05, 0) is 38.1 Å². The van der Waals surface area contributed by atoms with E-state index in [1.54, 1.807) is 19.2 Å². The van der Waals surface area contributed by atoms with Gasteiger partial charge in [0.05, 0.1) is 18.5 Å². The zero-order chi connectivity index (χ0) is 22.7. The number of hydrogen-bond donors (Lipinski definition) is 3. The van der Waals surface area contributed by atoms with Crippen LogP contribution in [0.4, 0.5) is 24.5 Å². The fraction of sp³-hybridized carbons (Fsp3) is 0.474. The molecule has 0 aliphatic carbocycles. The van der Waals surface area contributed by atoms with Gasteiger partial charge in [0.1, 0.15) is 18.1 Å². The van der Waals surface area contributed by atoms with Crippen molar-refractivity contribution in [3.8, 4) is 11.5 Å². The number of benzene rings is 1. The lowest BCUT2D eigenvalue weighted by molar-refractivity contribution is -0.192. The Kier molecular flexibility index (Phi) is 9.96. The number of nitrogens with two attached hydrogens (primary N) is 1. The maximum atomic E-state index is 11.6. The van der Waals surface area contributed by atoms with E-state index >= 15 is 0 Å². The number of nitrogens with zero attached hydrogens (tertiary/aromatic N) is 1. The van der Waals surface area contributed by atoms with Crippen LogP contribution in [-0.2, 0) is 9.59 Å². The normalized spacial score (nSPS) is 14.1. The third-order valence-electron chi connectivity index (χ3n) is 4.13. The molecule has 2 rings (SSSR count). The van der Waals surface area contributed by atoms with Crippen LogP contribution in [0, 0.1) is 0 Å². The highest BCUT2D eigenvalue weighted by atomic mass is 19.4. The van der Waals surface area contributed by atoms with E-state index in [-0.39, 0.29) is 5.91 Å². The number of piperidine rings is 1. The number of alkyl halides is 3. The van der Waals surface area contributed by atoms with E-state index in [0.29, 0.717) is 29.5 Å². The zero-order valence-corrected chi connectivity index (χ0v) is 16.6. The number of methoxy groups -OCH3 is 1. The number of rotatable bonds is 7. The van der Waals surface area contributed by atoms with Gasteiger partial charge in [-0.1, -0.05) is 13.0 Å². The quantitative estimate of drug-likeness (QED) is 0.447. The molecule has 30 heavy (non-hydrogen) atoms. The summed E-state index contributed by atoms with van der Waals surface area (Å²) in [5, 5.41) is 9.83. The minimum atomic E-state index is -5.08. The van der Waals surface area contributed by atoms with E-state index in [0.717, 1.165) is 19.6 Å². The Bertz CT molecular complexity index is 735. The van der Waals surface area contributed by atoms with Gasteiger partial charge in [0.25, 0.3) is 0 Å². The second-order valence-corrected chi connectivity index (χ2v) is 6.34. The highest BCUT2D eigenvalue weighted by Gasteiger charge is 2.38. The third kappa shape index (κ3) is 8.60. The zero-order valence-electron chi connectivity index (χ0n) is 16.6. The molecule has 1 fully saturated rings. The Morgan fingerprint density at radius 3 is 2.37 bits per heavy atom. The molecule has 1 aliphatic heterocycles. The number of halogens is 3. The summed E-state index contributed by atoms with van der Waals surface area (Å²) in [6.07, 6.45) is -0.0745. The second kappa shape index (κ2) is 11.9. The van der Waals surface area contributed by atoms with Gasteiger partial charge in [-0.3, -0.25) is 9.69 Å². The van der Waals surface area contributed by atoms with Gasteiger partial charge >= 0.3 is 12.1 Å². The Morgan fingerprint density at radius 1 is 1.27 bits per heavy atom. The largest absolute Gasteiger partial charge is 0.494 e. The lowest BCUT2D eigenvalue weighted by Gasteiger charge is -2.26. The molecule has 4 N–H and O–H groups in total. The summed E-state index contributed by atoms with van der Waals surface area (Å²) in [5.41, 5.74) is 6.86. The Morgan fingerprint density at radius 2 is 1.87 bits per heavy atom. The fourth-order valence-corrected chi connectivity index (χ4v) is 2.62. The first-order valence-corrected chi connectivity index (χ1v) is 9.14. The van der Waals surface area contributed by atoms with Crippen molar-refractivity contribution in [2.75, 3.05) is 44.4 Å². The topological polar surface area (TPSA) is 114 Å². The minimum Gasteiger partial charge on any atom is -0.494 e. The molecule has 1 amide bonds. The van der Waals surface area contributed by atoms with E-state index in [1.165, 1.54) is 25.3 Å². The molecule has 1 heterocycles. The first-order valence-electron chi connectivity index (χ1n) is 9.14. The van der Waals surface area contributed by atoms with Gasteiger partial charge in [0, 0.05) is 12.6 Å². The van der Waals surface area contributed by atoms with Gasteiger partial charge < -0.3 is 25.6 Å².